The number of hydrogen-bond acceptors (Lipinski definition) is 2. The third-order valence-corrected chi connectivity index (χ3v) is 3.74. The molecule has 0 fully saturated rings. The number of nitrogens with two attached hydrogens (primary N) is 1. The van der Waals surface area contributed by atoms with Gasteiger partial charge in [-0.3, -0.25) is 0 Å². The lowest BCUT2D eigenvalue weighted by Crippen LogP contribution is -2.17. The maximum Gasteiger partial charge on any atom is 0.115 e. The van der Waals surface area contributed by atoms with E-state index < -0.39 is 0 Å². The van der Waals surface area contributed by atoms with Gasteiger partial charge in [-0.15, -0.1) is 0 Å². The highest BCUT2D eigenvalue weighted by molar-refractivity contribution is 5.83. The van der Waals surface area contributed by atoms with Crippen LogP contribution in [0.2, 0.25) is 0 Å². The molecular weight excluding hydrogens is 260 g/mol. The van der Waals surface area contributed by atoms with Crippen molar-refractivity contribution in [3.8, 4) is 5.75 Å². The topological polar surface area (TPSA) is 51.2 Å². The first-order valence-electron chi connectivity index (χ1n) is 7.24. The van der Waals surface area contributed by atoms with Crippen LogP contribution in [0.4, 0.5) is 0 Å². The number of aromatic nitrogens is 1. The minimum Gasteiger partial charge on any atom is -0.508 e. The highest BCUT2D eigenvalue weighted by atomic mass is 16.3. The second kappa shape index (κ2) is 5.62. The van der Waals surface area contributed by atoms with Crippen LogP contribution in [0.25, 0.3) is 10.9 Å². The van der Waals surface area contributed by atoms with Crippen LogP contribution < -0.4 is 5.73 Å². The van der Waals surface area contributed by atoms with E-state index in [2.05, 4.69) is 35.0 Å². The number of benzene rings is 2. The summed E-state index contributed by atoms with van der Waals surface area (Å²) >= 11 is 0. The maximum absolute atomic E-state index is 9.36. The fourth-order valence-electron chi connectivity index (χ4n) is 2.75. The first kappa shape index (κ1) is 13.7. The van der Waals surface area contributed by atoms with Gasteiger partial charge < -0.3 is 15.4 Å². The van der Waals surface area contributed by atoms with Gasteiger partial charge in [0.1, 0.15) is 5.75 Å². The Morgan fingerprint density at radius 2 is 1.86 bits per heavy atom. The zero-order chi connectivity index (χ0) is 14.8. The number of rotatable bonds is 4. The zero-order valence-electron chi connectivity index (χ0n) is 12.2. The smallest absolute Gasteiger partial charge is 0.115 e. The monoisotopic (exact) mass is 280 g/mol. The van der Waals surface area contributed by atoms with Gasteiger partial charge in [-0.1, -0.05) is 24.3 Å². The van der Waals surface area contributed by atoms with Gasteiger partial charge >= 0.3 is 0 Å². The molecule has 3 heteroatoms. The van der Waals surface area contributed by atoms with Crippen molar-refractivity contribution in [2.24, 2.45) is 5.73 Å². The van der Waals surface area contributed by atoms with E-state index in [0.717, 1.165) is 13.0 Å². The molecule has 0 spiro atoms. The summed E-state index contributed by atoms with van der Waals surface area (Å²) in [6.45, 7) is 2.83. The van der Waals surface area contributed by atoms with Gasteiger partial charge in [0.05, 0.1) is 0 Å². The van der Waals surface area contributed by atoms with E-state index in [9.17, 15) is 5.11 Å². The molecule has 108 valence electrons. The van der Waals surface area contributed by atoms with Crippen LogP contribution in [-0.4, -0.2) is 15.7 Å². The van der Waals surface area contributed by atoms with Crippen LogP contribution in [-0.2, 0) is 13.0 Å². The van der Waals surface area contributed by atoms with Crippen LogP contribution in [0, 0.1) is 0 Å². The number of nitrogens with zero attached hydrogens (tertiary/aromatic N) is 1. The second-order valence-electron chi connectivity index (χ2n) is 5.64. The molecular formula is C18H20N2O. The Labute approximate surface area is 124 Å². The molecule has 0 aliphatic carbocycles. The minimum absolute atomic E-state index is 0.163. The molecule has 0 aliphatic rings. The van der Waals surface area contributed by atoms with Gasteiger partial charge in [0, 0.05) is 29.7 Å². The molecule has 0 radical (unpaired) electrons. The van der Waals surface area contributed by atoms with Crippen molar-refractivity contribution < 1.29 is 5.11 Å². The predicted molar refractivity (Wildman–Crippen MR) is 86.5 cm³/mol. The number of aromatic hydroxyl groups is 1. The molecule has 0 saturated carbocycles. The molecule has 0 aliphatic heterocycles. The molecule has 3 rings (SSSR count). The van der Waals surface area contributed by atoms with Crippen LogP contribution in [0.5, 0.6) is 5.75 Å². The largest absolute Gasteiger partial charge is 0.508 e. The summed E-state index contributed by atoms with van der Waals surface area (Å²) in [5, 5.41) is 10.6. The van der Waals surface area contributed by atoms with Crippen molar-refractivity contribution in [2.75, 3.05) is 0 Å². The standard InChI is InChI=1S/C18H20N2O/c1-13(19)11-15-3-2-4-18-17(15)9-10-20(18)12-14-5-7-16(21)8-6-14/h2-10,13,21H,11-12,19H2,1H3. The molecule has 0 amide bonds. The van der Waals surface area contributed by atoms with E-state index in [-0.39, 0.29) is 6.04 Å². The summed E-state index contributed by atoms with van der Waals surface area (Å²) in [5.41, 5.74) is 9.62. The molecule has 0 saturated heterocycles. The third kappa shape index (κ3) is 2.93. The molecule has 3 N–H and O–H groups in total. The predicted octanol–water partition coefficient (Wildman–Crippen LogP) is 3.28. The van der Waals surface area contributed by atoms with Gasteiger partial charge in [0.2, 0.25) is 0 Å². The Morgan fingerprint density at radius 1 is 1.10 bits per heavy atom. The molecule has 21 heavy (non-hydrogen) atoms. The van der Waals surface area contributed by atoms with Gasteiger partial charge in [-0.2, -0.15) is 0 Å². The third-order valence-electron chi connectivity index (χ3n) is 3.74. The Kier molecular flexibility index (Phi) is 3.67. The summed E-state index contributed by atoms with van der Waals surface area (Å²) < 4.78 is 2.23. The summed E-state index contributed by atoms with van der Waals surface area (Å²) in [6.07, 6.45) is 3.00. The van der Waals surface area contributed by atoms with Crippen molar-refractivity contribution >= 4 is 10.9 Å². The van der Waals surface area contributed by atoms with Gasteiger partial charge in [-0.05, 0) is 48.7 Å². The lowest BCUT2D eigenvalue weighted by Gasteiger charge is -2.09. The van der Waals surface area contributed by atoms with E-state index >= 15 is 0 Å². The van der Waals surface area contributed by atoms with Gasteiger partial charge in [0.25, 0.3) is 0 Å². The summed E-state index contributed by atoms with van der Waals surface area (Å²) in [4.78, 5) is 0. The first-order chi connectivity index (χ1) is 10.1. The lowest BCUT2D eigenvalue weighted by molar-refractivity contribution is 0.475. The molecule has 0 bridgehead atoms. The van der Waals surface area contributed by atoms with Crippen molar-refractivity contribution in [1.29, 1.82) is 0 Å². The molecule has 1 atom stereocenters. The molecule has 1 aromatic heterocycles. The Balaban J connectivity index is 1.95. The molecule has 3 nitrogen and oxygen atoms in total. The highest BCUT2D eigenvalue weighted by Gasteiger charge is 2.07. The van der Waals surface area contributed by atoms with Crippen LogP contribution in [0.1, 0.15) is 18.1 Å². The van der Waals surface area contributed by atoms with Crippen LogP contribution >= 0.6 is 0 Å². The van der Waals surface area contributed by atoms with Crippen molar-refractivity contribution in [1.82, 2.24) is 4.57 Å². The summed E-state index contributed by atoms with van der Waals surface area (Å²) in [6, 6.07) is 16.1. The second-order valence-corrected chi connectivity index (χ2v) is 5.64. The molecule has 1 heterocycles. The summed E-state index contributed by atoms with van der Waals surface area (Å²) in [5.74, 6) is 0.301. The normalized spacial score (nSPS) is 12.7. The minimum atomic E-state index is 0.163. The fourth-order valence-corrected chi connectivity index (χ4v) is 2.75. The number of phenols is 1. The van der Waals surface area contributed by atoms with E-state index in [1.165, 1.54) is 22.0 Å². The van der Waals surface area contributed by atoms with Crippen LogP contribution in [0.3, 0.4) is 0 Å². The Hall–Kier alpha value is -2.26. The number of fused-ring (bicyclic) bond motifs is 1. The summed E-state index contributed by atoms with van der Waals surface area (Å²) in [7, 11) is 0. The zero-order valence-corrected chi connectivity index (χ0v) is 12.2. The first-order valence-corrected chi connectivity index (χ1v) is 7.24. The van der Waals surface area contributed by atoms with Gasteiger partial charge in [0.15, 0.2) is 0 Å². The Bertz CT molecular complexity index is 742. The lowest BCUT2D eigenvalue weighted by atomic mass is 10.0. The van der Waals surface area contributed by atoms with Crippen molar-refractivity contribution in [3.05, 3.63) is 65.9 Å². The fraction of sp³-hybridized carbons (Fsp3) is 0.222. The van der Waals surface area contributed by atoms with Crippen molar-refractivity contribution in [3.63, 3.8) is 0 Å². The highest BCUT2D eigenvalue weighted by Crippen LogP contribution is 2.22. The van der Waals surface area contributed by atoms with Crippen LogP contribution in [0.15, 0.2) is 54.7 Å². The quantitative estimate of drug-likeness (QED) is 0.770. The number of phenolic OH excluding ortho intramolecular Hbond substituents is 1. The maximum atomic E-state index is 9.36. The Morgan fingerprint density at radius 3 is 2.57 bits per heavy atom. The molecule has 1 unspecified atom stereocenters. The average molecular weight is 280 g/mol. The number of hydrogen-bond donors (Lipinski definition) is 2. The molecule has 3 aromatic rings. The van der Waals surface area contributed by atoms with Crippen molar-refractivity contribution in [2.45, 2.75) is 25.9 Å². The van der Waals surface area contributed by atoms with Gasteiger partial charge in [-0.25, -0.2) is 0 Å². The van der Waals surface area contributed by atoms with E-state index in [4.69, 9.17) is 5.73 Å². The van der Waals surface area contributed by atoms with E-state index in [1.807, 2.05) is 19.1 Å². The molecule has 2 aromatic carbocycles. The van der Waals surface area contributed by atoms with E-state index in [0.29, 0.717) is 5.75 Å². The average Bonchev–Trinajstić information content (AvgIpc) is 2.85. The SMILES string of the molecule is CC(N)Cc1cccc2c1ccn2Cc1ccc(O)cc1. The van der Waals surface area contributed by atoms with E-state index in [1.54, 1.807) is 12.1 Å².